The maximum absolute atomic E-state index is 10.3. The van der Waals surface area contributed by atoms with E-state index < -0.39 is 6.10 Å². The van der Waals surface area contributed by atoms with E-state index >= 15 is 0 Å². The Bertz CT molecular complexity index is 442. The van der Waals surface area contributed by atoms with Gasteiger partial charge in [0.2, 0.25) is 0 Å². The van der Waals surface area contributed by atoms with Gasteiger partial charge in [0.1, 0.15) is 17.1 Å². The number of rotatable bonds is 4. The van der Waals surface area contributed by atoms with Crippen LogP contribution >= 0.6 is 0 Å². The van der Waals surface area contributed by atoms with Gasteiger partial charge >= 0.3 is 0 Å². The van der Waals surface area contributed by atoms with E-state index in [1.807, 2.05) is 18.2 Å². The summed E-state index contributed by atoms with van der Waals surface area (Å²) in [7, 11) is 1.64. The molecule has 0 saturated heterocycles. The van der Waals surface area contributed by atoms with Crippen LogP contribution in [0.5, 0.6) is 11.5 Å². The second kappa shape index (κ2) is 5.41. The van der Waals surface area contributed by atoms with Crippen LogP contribution in [0.3, 0.4) is 0 Å². The Labute approximate surface area is 115 Å². The molecule has 0 aliphatic carbocycles. The molecule has 2 atom stereocenters. The molecular weight excluding hydrogens is 240 g/mol. The van der Waals surface area contributed by atoms with Crippen molar-refractivity contribution in [1.82, 2.24) is 0 Å². The number of methoxy groups -OCH3 is 1. The van der Waals surface area contributed by atoms with Crippen molar-refractivity contribution in [3.63, 3.8) is 0 Å². The Hall–Kier alpha value is -1.22. The fourth-order valence-electron chi connectivity index (χ4n) is 2.58. The average Bonchev–Trinajstić information content (AvgIpc) is 2.35. The molecule has 106 valence electrons. The Morgan fingerprint density at radius 1 is 1.47 bits per heavy atom. The lowest BCUT2D eigenvalue weighted by Crippen LogP contribution is -2.38. The van der Waals surface area contributed by atoms with Gasteiger partial charge in [-0.3, -0.25) is 0 Å². The molecule has 0 fully saturated rings. The van der Waals surface area contributed by atoms with Crippen molar-refractivity contribution in [1.29, 1.82) is 0 Å². The number of benzene rings is 1. The minimum Gasteiger partial charge on any atom is -0.497 e. The predicted molar refractivity (Wildman–Crippen MR) is 75.7 cm³/mol. The van der Waals surface area contributed by atoms with E-state index in [1.165, 1.54) is 0 Å². The van der Waals surface area contributed by atoms with E-state index in [4.69, 9.17) is 9.47 Å². The molecule has 0 spiro atoms. The van der Waals surface area contributed by atoms with Gasteiger partial charge in [-0.1, -0.05) is 13.8 Å². The summed E-state index contributed by atoms with van der Waals surface area (Å²) in [5, 5.41) is 10.3. The van der Waals surface area contributed by atoms with Crippen molar-refractivity contribution in [2.45, 2.75) is 51.7 Å². The zero-order chi connectivity index (χ0) is 14.0. The molecule has 0 amide bonds. The number of fused-ring (bicyclic) bond motifs is 1. The molecule has 0 radical (unpaired) electrons. The van der Waals surface area contributed by atoms with Crippen LogP contribution in [-0.2, 0) is 0 Å². The van der Waals surface area contributed by atoms with Crippen molar-refractivity contribution in [3.8, 4) is 11.5 Å². The summed E-state index contributed by atoms with van der Waals surface area (Å²) in [6.07, 6.45) is 2.26. The van der Waals surface area contributed by atoms with Gasteiger partial charge in [-0.15, -0.1) is 0 Å². The molecule has 0 bridgehead atoms. The van der Waals surface area contributed by atoms with Crippen LogP contribution in [0, 0.1) is 5.92 Å². The quantitative estimate of drug-likeness (QED) is 0.901. The lowest BCUT2D eigenvalue weighted by atomic mass is 9.85. The van der Waals surface area contributed by atoms with Crippen LogP contribution in [0.25, 0.3) is 0 Å². The van der Waals surface area contributed by atoms with E-state index in [2.05, 4.69) is 20.8 Å². The molecule has 1 heterocycles. The van der Waals surface area contributed by atoms with Gasteiger partial charge in [0.25, 0.3) is 0 Å². The van der Waals surface area contributed by atoms with E-state index in [9.17, 15) is 5.11 Å². The van der Waals surface area contributed by atoms with Crippen molar-refractivity contribution in [2.24, 2.45) is 5.92 Å². The van der Waals surface area contributed by atoms with Crippen molar-refractivity contribution in [3.05, 3.63) is 23.8 Å². The van der Waals surface area contributed by atoms with Crippen LogP contribution in [0.2, 0.25) is 0 Å². The molecule has 2 rings (SSSR count). The normalized spacial score (nSPS) is 25.9. The molecule has 1 aromatic rings. The van der Waals surface area contributed by atoms with Gasteiger partial charge in [0.05, 0.1) is 13.2 Å². The topological polar surface area (TPSA) is 38.7 Å². The van der Waals surface area contributed by atoms with Crippen LogP contribution in [0.1, 0.15) is 51.7 Å². The predicted octanol–water partition coefficient (Wildman–Crippen LogP) is 3.71. The first-order valence-electron chi connectivity index (χ1n) is 6.98. The number of aliphatic hydroxyl groups is 1. The molecule has 0 saturated carbocycles. The SMILES string of the molecule is COc1ccc2c(c1)OC(C)(CCC(C)C)CC2O. The molecule has 2 unspecified atom stereocenters. The van der Waals surface area contributed by atoms with Crippen molar-refractivity contribution >= 4 is 0 Å². The Morgan fingerprint density at radius 3 is 2.84 bits per heavy atom. The zero-order valence-electron chi connectivity index (χ0n) is 12.3. The monoisotopic (exact) mass is 264 g/mol. The van der Waals surface area contributed by atoms with Crippen LogP contribution in [-0.4, -0.2) is 17.8 Å². The third-order valence-corrected chi connectivity index (χ3v) is 3.81. The second-order valence-corrected chi connectivity index (χ2v) is 6.11. The Morgan fingerprint density at radius 2 is 2.21 bits per heavy atom. The highest BCUT2D eigenvalue weighted by Gasteiger charge is 2.36. The zero-order valence-corrected chi connectivity index (χ0v) is 12.3. The van der Waals surface area contributed by atoms with Gasteiger partial charge < -0.3 is 14.6 Å². The second-order valence-electron chi connectivity index (χ2n) is 6.11. The number of aliphatic hydroxyl groups excluding tert-OH is 1. The molecule has 1 N–H and O–H groups in total. The Kier molecular flexibility index (Phi) is 4.04. The summed E-state index contributed by atoms with van der Waals surface area (Å²) < 4.78 is 11.4. The average molecular weight is 264 g/mol. The lowest BCUT2D eigenvalue weighted by Gasteiger charge is -2.38. The molecule has 19 heavy (non-hydrogen) atoms. The summed E-state index contributed by atoms with van der Waals surface area (Å²) >= 11 is 0. The first-order chi connectivity index (χ1) is 8.93. The molecule has 0 aromatic heterocycles. The minimum atomic E-state index is -0.452. The van der Waals surface area contributed by atoms with Gasteiger partial charge in [-0.2, -0.15) is 0 Å². The number of ether oxygens (including phenoxy) is 2. The maximum atomic E-state index is 10.3. The van der Waals surface area contributed by atoms with Gasteiger partial charge in [0.15, 0.2) is 0 Å². The van der Waals surface area contributed by atoms with E-state index in [0.717, 1.165) is 29.9 Å². The molecule has 1 aliphatic heterocycles. The minimum absolute atomic E-state index is 0.289. The third kappa shape index (κ3) is 3.21. The standard InChI is InChI=1S/C16H24O3/c1-11(2)7-8-16(3)10-14(17)13-6-5-12(18-4)9-15(13)19-16/h5-6,9,11,14,17H,7-8,10H2,1-4H3. The summed E-state index contributed by atoms with van der Waals surface area (Å²) in [5.74, 6) is 2.16. The summed E-state index contributed by atoms with van der Waals surface area (Å²) in [4.78, 5) is 0. The van der Waals surface area contributed by atoms with E-state index in [0.29, 0.717) is 12.3 Å². The first kappa shape index (κ1) is 14.2. The highest BCUT2D eigenvalue weighted by atomic mass is 16.5. The third-order valence-electron chi connectivity index (χ3n) is 3.81. The van der Waals surface area contributed by atoms with Gasteiger partial charge in [-0.05, 0) is 37.8 Å². The smallest absolute Gasteiger partial charge is 0.129 e. The molecule has 1 aliphatic rings. The van der Waals surface area contributed by atoms with Crippen LogP contribution in [0.4, 0.5) is 0 Å². The van der Waals surface area contributed by atoms with Gasteiger partial charge in [0, 0.05) is 18.1 Å². The summed E-state index contributed by atoms with van der Waals surface area (Å²) in [5.41, 5.74) is 0.575. The Balaban J connectivity index is 2.21. The van der Waals surface area contributed by atoms with Crippen LogP contribution in [0.15, 0.2) is 18.2 Å². The van der Waals surface area contributed by atoms with E-state index in [1.54, 1.807) is 7.11 Å². The highest BCUT2D eigenvalue weighted by Crippen LogP contribution is 2.43. The maximum Gasteiger partial charge on any atom is 0.129 e. The van der Waals surface area contributed by atoms with Gasteiger partial charge in [-0.25, -0.2) is 0 Å². The highest BCUT2D eigenvalue weighted by molar-refractivity contribution is 5.43. The molecular formula is C16H24O3. The fourth-order valence-corrected chi connectivity index (χ4v) is 2.58. The fraction of sp³-hybridized carbons (Fsp3) is 0.625. The van der Waals surface area contributed by atoms with E-state index in [-0.39, 0.29) is 5.60 Å². The number of hydrogen-bond donors (Lipinski definition) is 1. The molecule has 1 aromatic carbocycles. The molecule has 3 nitrogen and oxygen atoms in total. The summed E-state index contributed by atoms with van der Waals surface area (Å²) in [6.45, 7) is 6.50. The number of hydrogen-bond acceptors (Lipinski definition) is 3. The van der Waals surface area contributed by atoms with Crippen molar-refractivity contribution in [2.75, 3.05) is 7.11 Å². The van der Waals surface area contributed by atoms with Crippen LogP contribution < -0.4 is 9.47 Å². The lowest BCUT2D eigenvalue weighted by molar-refractivity contribution is -0.0102. The summed E-state index contributed by atoms with van der Waals surface area (Å²) in [6, 6.07) is 5.62. The largest absolute Gasteiger partial charge is 0.497 e. The molecule has 3 heteroatoms. The van der Waals surface area contributed by atoms with Crippen molar-refractivity contribution < 1.29 is 14.6 Å². The first-order valence-corrected chi connectivity index (χ1v) is 6.98.